The third kappa shape index (κ3) is 4.30. The van der Waals surface area contributed by atoms with Gasteiger partial charge in [0.05, 0.1) is 19.3 Å². The number of nitrogens with one attached hydrogen (secondary N) is 1. The Hall–Kier alpha value is -0.910. The first-order valence-electron chi connectivity index (χ1n) is 5.81. The van der Waals surface area contributed by atoms with E-state index in [1.165, 1.54) is 18.9 Å². The van der Waals surface area contributed by atoms with E-state index in [0.29, 0.717) is 16.3 Å². The van der Waals surface area contributed by atoms with Crippen molar-refractivity contribution in [3.05, 3.63) is 28.8 Å². The van der Waals surface area contributed by atoms with Gasteiger partial charge in [-0.25, -0.2) is 0 Å². The number of methoxy groups -OCH3 is 1. The van der Waals surface area contributed by atoms with Crippen molar-refractivity contribution in [3.63, 3.8) is 0 Å². The fourth-order valence-corrected chi connectivity index (χ4v) is 2.47. The van der Waals surface area contributed by atoms with Crippen LogP contribution in [0.5, 0.6) is 5.75 Å². The van der Waals surface area contributed by atoms with Crippen LogP contribution in [-0.2, 0) is 0 Å². The maximum absolute atomic E-state index is 12.2. The molecule has 1 amide bonds. The van der Waals surface area contributed by atoms with Crippen molar-refractivity contribution in [2.45, 2.75) is 18.2 Å². The number of carbonyl (C=O) groups excluding carboxylic acids is 1. The van der Waals surface area contributed by atoms with Crippen molar-refractivity contribution >= 4 is 29.3 Å². The van der Waals surface area contributed by atoms with Gasteiger partial charge in [0.25, 0.3) is 5.91 Å². The molecular formula is C13H18ClNO3S. The minimum Gasteiger partial charge on any atom is -0.496 e. The number of carbonyl (C=O) groups is 1. The predicted molar refractivity (Wildman–Crippen MR) is 79.3 cm³/mol. The Morgan fingerprint density at radius 3 is 2.79 bits per heavy atom. The SMILES string of the molecule is COc1ccc(Cl)cc1C(=O)NC(C)C(CO)SC. The molecule has 106 valence electrons. The first-order valence-corrected chi connectivity index (χ1v) is 7.48. The van der Waals surface area contributed by atoms with E-state index in [9.17, 15) is 9.90 Å². The number of hydrogen-bond donors (Lipinski definition) is 2. The van der Waals surface area contributed by atoms with E-state index in [-0.39, 0.29) is 23.8 Å². The van der Waals surface area contributed by atoms with Crippen LogP contribution in [0.1, 0.15) is 17.3 Å². The standard InChI is InChI=1S/C13H18ClNO3S/c1-8(12(7-16)19-3)15-13(17)10-6-9(14)4-5-11(10)18-2/h4-6,8,12,16H,7H2,1-3H3,(H,15,17). The van der Waals surface area contributed by atoms with E-state index < -0.39 is 0 Å². The number of ether oxygens (including phenoxy) is 1. The van der Waals surface area contributed by atoms with E-state index >= 15 is 0 Å². The number of amides is 1. The van der Waals surface area contributed by atoms with Gasteiger partial charge in [0.2, 0.25) is 0 Å². The normalized spacial score (nSPS) is 13.7. The third-order valence-electron chi connectivity index (χ3n) is 2.81. The summed E-state index contributed by atoms with van der Waals surface area (Å²) >= 11 is 7.40. The van der Waals surface area contributed by atoms with Gasteiger partial charge in [-0.05, 0) is 31.4 Å². The van der Waals surface area contributed by atoms with Crippen LogP contribution in [0.3, 0.4) is 0 Å². The second-order valence-corrected chi connectivity index (χ2v) is 5.58. The van der Waals surface area contributed by atoms with Crippen LogP contribution in [0.2, 0.25) is 5.02 Å². The second-order valence-electron chi connectivity index (χ2n) is 4.06. The van der Waals surface area contributed by atoms with Crippen LogP contribution in [-0.4, -0.2) is 42.3 Å². The summed E-state index contributed by atoms with van der Waals surface area (Å²) in [7, 11) is 1.50. The number of aliphatic hydroxyl groups excluding tert-OH is 1. The second kappa shape index (κ2) is 7.62. The minimum absolute atomic E-state index is 0.00922. The molecule has 4 nitrogen and oxygen atoms in total. The maximum atomic E-state index is 12.2. The molecule has 2 unspecified atom stereocenters. The highest BCUT2D eigenvalue weighted by atomic mass is 35.5. The average molecular weight is 304 g/mol. The van der Waals surface area contributed by atoms with E-state index in [0.717, 1.165) is 0 Å². The summed E-state index contributed by atoms with van der Waals surface area (Å²) in [6.45, 7) is 1.86. The molecular weight excluding hydrogens is 286 g/mol. The molecule has 0 aliphatic rings. The topological polar surface area (TPSA) is 58.6 Å². The third-order valence-corrected chi connectivity index (χ3v) is 4.20. The maximum Gasteiger partial charge on any atom is 0.255 e. The smallest absolute Gasteiger partial charge is 0.255 e. The van der Waals surface area contributed by atoms with E-state index in [4.69, 9.17) is 16.3 Å². The molecule has 0 saturated heterocycles. The molecule has 0 saturated carbocycles. The Kier molecular flexibility index (Phi) is 6.48. The van der Waals surface area contributed by atoms with E-state index in [1.807, 2.05) is 13.2 Å². The highest BCUT2D eigenvalue weighted by molar-refractivity contribution is 7.99. The van der Waals surface area contributed by atoms with Crippen LogP contribution < -0.4 is 10.1 Å². The predicted octanol–water partition coefficient (Wildman–Crippen LogP) is 2.19. The van der Waals surface area contributed by atoms with Crippen molar-refractivity contribution < 1.29 is 14.6 Å². The minimum atomic E-state index is -0.264. The van der Waals surface area contributed by atoms with Gasteiger partial charge in [0.1, 0.15) is 5.75 Å². The van der Waals surface area contributed by atoms with Crippen molar-refractivity contribution in [2.75, 3.05) is 20.0 Å². The Bertz CT molecular complexity index is 438. The lowest BCUT2D eigenvalue weighted by Gasteiger charge is -2.21. The molecule has 1 aromatic carbocycles. The van der Waals surface area contributed by atoms with Gasteiger partial charge in [-0.1, -0.05) is 11.6 Å². The monoisotopic (exact) mass is 303 g/mol. The lowest BCUT2D eigenvalue weighted by molar-refractivity contribution is 0.0933. The lowest BCUT2D eigenvalue weighted by Crippen LogP contribution is -2.41. The molecule has 0 fully saturated rings. The largest absolute Gasteiger partial charge is 0.496 e. The van der Waals surface area contributed by atoms with Crippen LogP contribution in [0, 0.1) is 0 Å². The number of aliphatic hydroxyl groups is 1. The Labute approximate surface area is 122 Å². The first-order chi connectivity index (χ1) is 9.03. The number of hydrogen-bond acceptors (Lipinski definition) is 4. The molecule has 0 aliphatic carbocycles. The lowest BCUT2D eigenvalue weighted by atomic mass is 10.1. The van der Waals surface area contributed by atoms with Crippen molar-refractivity contribution in [1.29, 1.82) is 0 Å². The zero-order valence-electron chi connectivity index (χ0n) is 11.1. The van der Waals surface area contributed by atoms with E-state index in [2.05, 4.69) is 5.32 Å². The molecule has 0 aliphatic heterocycles. The highest BCUT2D eigenvalue weighted by Gasteiger charge is 2.20. The Morgan fingerprint density at radius 1 is 1.58 bits per heavy atom. The summed E-state index contributed by atoms with van der Waals surface area (Å²) in [6.07, 6.45) is 1.89. The van der Waals surface area contributed by atoms with Gasteiger partial charge in [0, 0.05) is 16.3 Å². The molecule has 0 bridgehead atoms. The molecule has 2 atom stereocenters. The fourth-order valence-electron chi connectivity index (χ4n) is 1.67. The summed E-state index contributed by atoms with van der Waals surface area (Å²) < 4.78 is 5.14. The van der Waals surface area contributed by atoms with Gasteiger partial charge >= 0.3 is 0 Å². The molecule has 6 heteroatoms. The van der Waals surface area contributed by atoms with Crippen molar-refractivity contribution in [2.24, 2.45) is 0 Å². The summed E-state index contributed by atoms with van der Waals surface area (Å²) in [5.74, 6) is 0.207. The van der Waals surface area contributed by atoms with Crippen LogP contribution in [0.4, 0.5) is 0 Å². The summed E-state index contributed by atoms with van der Waals surface area (Å²) in [5, 5.41) is 12.5. The summed E-state index contributed by atoms with van der Waals surface area (Å²) in [6, 6.07) is 4.73. The zero-order valence-corrected chi connectivity index (χ0v) is 12.7. The average Bonchev–Trinajstić information content (AvgIpc) is 2.40. The number of halogens is 1. The molecule has 0 heterocycles. The van der Waals surface area contributed by atoms with Crippen molar-refractivity contribution in [1.82, 2.24) is 5.32 Å². The fraction of sp³-hybridized carbons (Fsp3) is 0.462. The van der Waals surface area contributed by atoms with Crippen molar-refractivity contribution in [3.8, 4) is 5.75 Å². The molecule has 1 aromatic rings. The van der Waals surface area contributed by atoms with Crippen LogP contribution in [0.15, 0.2) is 18.2 Å². The molecule has 0 spiro atoms. The van der Waals surface area contributed by atoms with E-state index in [1.54, 1.807) is 18.2 Å². The number of benzene rings is 1. The van der Waals surface area contributed by atoms with Gasteiger partial charge < -0.3 is 15.2 Å². The molecule has 19 heavy (non-hydrogen) atoms. The van der Waals surface area contributed by atoms with Gasteiger partial charge in [0.15, 0.2) is 0 Å². The Morgan fingerprint density at radius 2 is 2.26 bits per heavy atom. The van der Waals surface area contributed by atoms with Gasteiger partial charge in [-0.3, -0.25) is 4.79 Å². The van der Waals surface area contributed by atoms with Crippen LogP contribution in [0.25, 0.3) is 0 Å². The quantitative estimate of drug-likeness (QED) is 0.846. The number of rotatable bonds is 6. The summed E-state index contributed by atoms with van der Waals surface area (Å²) in [4.78, 5) is 12.2. The summed E-state index contributed by atoms with van der Waals surface area (Å²) in [5.41, 5.74) is 0.389. The highest BCUT2D eigenvalue weighted by Crippen LogP contribution is 2.23. The Balaban J connectivity index is 2.86. The zero-order chi connectivity index (χ0) is 14.4. The molecule has 1 rings (SSSR count). The first kappa shape index (κ1) is 16.1. The van der Waals surface area contributed by atoms with Gasteiger partial charge in [-0.2, -0.15) is 11.8 Å². The van der Waals surface area contributed by atoms with Crippen LogP contribution >= 0.6 is 23.4 Å². The molecule has 2 N–H and O–H groups in total. The van der Waals surface area contributed by atoms with Gasteiger partial charge in [-0.15, -0.1) is 0 Å². The number of thioether (sulfide) groups is 1. The molecule has 0 radical (unpaired) electrons. The molecule has 0 aromatic heterocycles.